The number of hydrogen-bond acceptors (Lipinski definition) is 5. The van der Waals surface area contributed by atoms with Gasteiger partial charge in [-0.25, -0.2) is 15.1 Å². The molecule has 20 heavy (non-hydrogen) atoms. The Morgan fingerprint density at radius 2 is 2.00 bits per heavy atom. The molecule has 106 valence electrons. The largest absolute Gasteiger partial charge is 0.497 e. The molecule has 0 saturated carbocycles. The molecule has 0 aliphatic carbocycles. The van der Waals surface area contributed by atoms with Crippen LogP contribution in [0.5, 0.6) is 5.75 Å². The van der Waals surface area contributed by atoms with Gasteiger partial charge in [0, 0.05) is 0 Å². The van der Waals surface area contributed by atoms with Crippen molar-refractivity contribution < 1.29 is 19.1 Å². The highest BCUT2D eigenvalue weighted by Gasteiger charge is 2.39. The summed E-state index contributed by atoms with van der Waals surface area (Å²) in [6, 6.07) is 4.87. The van der Waals surface area contributed by atoms with Gasteiger partial charge < -0.3 is 10.5 Å². The summed E-state index contributed by atoms with van der Waals surface area (Å²) >= 11 is 0. The second-order valence-corrected chi connectivity index (χ2v) is 4.16. The van der Waals surface area contributed by atoms with Crippen molar-refractivity contribution in [3.63, 3.8) is 0 Å². The normalized spacial score (nSPS) is 18.2. The Labute approximate surface area is 114 Å². The van der Waals surface area contributed by atoms with Crippen molar-refractivity contribution in [2.24, 2.45) is 5.73 Å². The van der Waals surface area contributed by atoms with Crippen molar-refractivity contribution in [3.05, 3.63) is 24.3 Å². The molecular weight excluding hydrogens is 264 g/mol. The minimum Gasteiger partial charge on any atom is -0.497 e. The number of hydrogen-bond donors (Lipinski definition) is 3. The zero-order valence-corrected chi connectivity index (χ0v) is 10.8. The lowest BCUT2D eigenvalue weighted by Crippen LogP contribution is -2.50. The summed E-state index contributed by atoms with van der Waals surface area (Å²) in [5.74, 6) is -0.184. The van der Waals surface area contributed by atoms with Crippen LogP contribution >= 0.6 is 0 Å². The Hall–Kier alpha value is -2.61. The van der Waals surface area contributed by atoms with E-state index in [0.717, 1.165) is 4.90 Å². The van der Waals surface area contributed by atoms with Gasteiger partial charge in [0.1, 0.15) is 11.8 Å². The molecule has 1 aromatic rings. The number of carbonyl (C=O) groups excluding carboxylic acids is 3. The van der Waals surface area contributed by atoms with E-state index in [0.29, 0.717) is 11.4 Å². The Morgan fingerprint density at radius 3 is 2.55 bits per heavy atom. The van der Waals surface area contributed by atoms with Gasteiger partial charge in [-0.3, -0.25) is 15.0 Å². The molecule has 0 unspecified atom stereocenters. The van der Waals surface area contributed by atoms with Crippen LogP contribution in [0.4, 0.5) is 10.5 Å². The van der Waals surface area contributed by atoms with Crippen molar-refractivity contribution >= 4 is 23.5 Å². The topological polar surface area (TPSA) is 114 Å². The van der Waals surface area contributed by atoms with Gasteiger partial charge in [0.25, 0.3) is 5.91 Å². The summed E-state index contributed by atoms with van der Waals surface area (Å²) < 4.78 is 5.01. The lowest BCUT2D eigenvalue weighted by atomic mass is 10.2. The van der Waals surface area contributed by atoms with Crippen LogP contribution in [0.1, 0.15) is 6.42 Å². The van der Waals surface area contributed by atoms with Crippen LogP contribution in [-0.2, 0) is 9.59 Å². The number of nitrogens with zero attached hydrogens (tertiary/aromatic N) is 1. The van der Waals surface area contributed by atoms with E-state index >= 15 is 0 Å². The molecule has 1 fully saturated rings. The van der Waals surface area contributed by atoms with E-state index in [9.17, 15) is 14.4 Å². The van der Waals surface area contributed by atoms with Crippen molar-refractivity contribution in [2.75, 3.05) is 12.0 Å². The average molecular weight is 278 g/mol. The van der Waals surface area contributed by atoms with Gasteiger partial charge in [0.15, 0.2) is 0 Å². The van der Waals surface area contributed by atoms with Gasteiger partial charge in [0.05, 0.1) is 19.2 Å². The van der Waals surface area contributed by atoms with Gasteiger partial charge in [-0.05, 0) is 24.3 Å². The van der Waals surface area contributed by atoms with Gasteiger partial charge in [-0.15, -0.1) is 0 Å². The first-order valence-corrected chi connectivity index (χ1v) is 5.84. The van der Waals surface area contributed by atoms with Crippen LogP contribution in [-0.4, -0.2) is 31.0 Å². The molecular formula is C12H14N4O4. The fourth-order valence-corrected chi connectivity index (χ4v) is 1.91. The van der Waals surface area contributed by atoms with E-state index in [1.165, 1.54) is 7.11 Å². The predicted octanol–water partition coefficient (Wildman–Crippen LogP) is -0.500. The highest BCUT2D eigenvalue weighted by Crippen LogP contribution is 2.24. The van der Waals surface area contributed by atoms with Crippen LogP contribution in [0.3, 0.4) is 0 Å². The second kappa shape index (κ2) is 5.57. The molecule has 0 aromatic heterocycles. The molecule has 1 heterocycles. The van der Waals surface area contributed by atoms with Crippen molar-refractivity contribution in [1.82, 2.24) is 10.9 Å². The lowest BCUT2D eigenvalue weighted by Gasteiger charge is -2.15. The molecule has 8 nitrogen and oxygen atoms in total. The molecule has 0 spiro atoms. The highest BCUT2D eigenvalue weighted by molar-refractivity contribution is 6.22. The molecule has 0 radical (unpaired) electrons. The number of rotatable bonds is 4. The molecule has 1 aromatic carbocycles. The van der Waals surface area contributed by atoms with Gasteiger partial charge >= 0.3 is 6.03 Å². The number of benzene rings is 1. The van der Waals surface area contributed by atoms with Crippen molar-refractivity contribution in [2.45, 2.75) is 12.5 Å². The number of anilines is 1. The Bertz CT molecular complexity index is 543. The van der Waals surface area contributed by atoms with E-state index in [1.807, 2.05) is 0 Å². The second-order valence-electron chi connectivity index (χ2n) is 4.16. The minimum atomic E-state index is -0.826. The summed E-state index contributed by atoms with van der Waals surface area (Å²) in [6.45, 7) is 0. The first-order chi connectivity index (χ1) is 9.52. The maximum Gasteiger partial charge on any atom is 0.326 e. The number of ether oxygens (including phenoxy) is 1. The number of hydrazine groups is 1. The van der Waals surface area contributed by atoms with Gasteiger partial charge in [-0.2, -0.15) is 0 Å². The van der Waals surface area contributed by atoms with Crippen LogP contribution in [0.2, 0.25) is 0 Å². The maximum absolute atomic E-state index is 12.1. The number of nitrogens with two attached hydrogens (primary N) is 1. The number of amides is 4. The molecule has 2 rings (SSSR count). The van der Waals surface area contributed by atoms with Crippen LogP contribution in [0.15, 0.2) is 24.3 Å². The van der Waals surface area contributed by atoms with Gasteiger partial charge in [-0.1, -0.05) is 0 Å². The Balaban J connectivity index is 2.13. The fourth-order valence-electron chi connectivity index (χ4n) is 1.91. The SMILES string of the molecule is COc1ccc(N2C(=O)C[C@H](NNC(N)=O)C2=O)cc1. The third-order valence-corrected chi connectivity index (χ3v) is 2.85. The quantitative estimate of drug-likeness (QED) is 0.507. The van der Waals surface area contributed by atoms with E-state index in [4.69, 9.17) is 10.5 Å². The predicted molar refractivity (Wildman–Crippen MR) is 69.7 cm³/mol. The standard InChI is InChI=1S/C12H14N4O4/c1-20-8-4-2-7(3-5-8)16-10(17)6-9(11(16)18)14-15-12(13)19/h2-5,9,14H,6H2,1H3,(H3,13,15,19)/t9-/m0/s1. The minimum absolute atomic E-state index is 0.0505. The van der Waals surface area contributed by atoms with E-state index in [2.05, 4.69) is 10.9 Å². The molecule has 0 bridgehead atoms. The zero-order valence-electron chi connectivity index (χ0n) is 10.8. The van der Waals surface area contributed by atoms with Gasteiger partial charge in [0.2, 0.25) is 5.91 Å². The number of carbonyl (C=O) groups is 3. The smallest absolute Gasteiger partial charge is 0.326 e. The molecule has 1 atom stereocenters. The summed E-state index contributed by atoms with van der Waals surface area (Å²) in [4.78, 5) is 35.6. The average Bonchev–Trinajstić information content (AvgIpc) is 2.71. The summed E-state index contributed by atoms with van der Waals surface area (Å²) in [7, 11) is 1.52. The number of urea groups is 1. The fraction of sp³-hybridized carbons (Fsp3) is 0.250. The first-order valence-electron chi connectivity index (χ1n) is 5.84. The van der Waals surface area contributed by atoms with E-state index in [1.54, 1.807) is 24.3 Å². The third-order valence-electron chi connectivity index (χ3n) is 2.85. The molecule has 1 aliphatic heterocycles. The zero-order chi connectivity index (χ0) is 14.7. The third kappa shape index (κ3) is 2.69. The monoisotopic (exact) mass is 278 g/mol. The summed E-state index contributed by atoms with van der Waals surface area (Å²) in [6.07, 6.45) is -0.0505. The Kier molecular flexibility index (Phi) is 3.85. The Morgan fingerprint density at radius 1 is 1.35 bits per heavy atom. The van der Waals surface area contributed by atoms with Crippen molar-refractivity contribution in [1.29, 1.82) is 0 Å². The maximum atomic E-state index is 12.1. The van der Waals surface area contributed by atoms with Crippen molar-refractivity contribution in [3.8, 4) is 5.75 Å². The number of methoxy groups -OCH3 is 1. The molecule has 4 N–H and O–H groups in total. The summed E-state index contributed by atoms with van der Waals surface area (Å²) in [5, 5.41) is 0. The highest BCUT2D eigenvalue weighted by atomic mass is 16.5. The number of primary amides is 1. The molecule has 8 heteroatoms. The first kappa shape index (κ1) is 13.8. The van der Waals surface area contributed by atoms with Crippen LogP contribution in [0, 0.1) is 0 Å². The molecule has 1 saturated heterocycles. The lowest BCUT2D eigenvalue weighted by molar-refractivity contribution is -0.121. The van der Waals surface area contributed by atoms with Crippen LogP contribution in [0.25, 0.3) is 0 Å². The van der Waals surface area contributed by atoms with E-state index < -0.39 is 18.0 Å². The summed E-state index contributed by atoms with van der Waals surface area (Å²) in [5.41, 5.74) is 9.86. The number of nitrogens with one attached hydrogen (secondary N) is 2. The molecule has 1 aliphatic rings. The molecule has 4 amide bonds. The van der Waals surface area contributed by atoms with Crippen LogP contribution < -0.4 is 26.2 Å². The number of imide groups is 1. The van der Waals surface area contributed by atoms with E-state index in [-0.39, 0.29) is 12.3 Å².